The van der Waals surface area contributed by atoms with Crippen molar-refractivity contribution < 1.29 is 9.53 Å². The molecule has 0 unspecified atom stereocenters. The summed E-state index contributed by atoms with van der Waals surface area (Å²) in [5, 5.41) is 5.93. The lowest BCUT2D eigenvalue weighted by Gasteiger charge is -2.17. The van der Waals surface area contributed by atoms with Crippen LogP contribution in [0.2, 0.25) is 0 Å². The van der Waals surface area contributed by atoms with Gasteiger partial charge in [-0.15, -0.1) is 0 Å². The Bertz CT molecular complexity index is 428. The van der Waals surface area contributed by atoms with Crippen LogP contribution in [0.5, 0.6) is 0 Å². The van der Waals surface area contributed by atoms with Crippen LogP contribution in [0.1, 0.15) is 18.4 Å². The van der Waals surface area contributed by atoms with Crippen molar-refractivity contribution in [3.05, 3.63) is 29.8 Å². The maximum Gasteiger partial charge on any atom is 0.234 e. The number of carbonyl (C=O) groups excluding carboxylic acids is 1. The van der Waals surface area contributed by atoms with Crippen LogP contribution in [0.4, 0.5) is 5.69 Å². The quantitative estimate of drug-likeness (QED) is 0.705. The second kappa shape index (κ2) is 8.64. The highest BCUT2D eigenvalue weighted by atomic mass is 16.5. The second-order valence-electron chi connectivity index (χ2n) is 5.31. The van der Waals surface area contributed by atoms with Gasteiger partial charge < -0.3 is 20.3 Å². The van der Waals surface area contributed by atoms with Crippen molar-refractivity contribution in [2.75, 3.05) is 44.8 Å². The molecule has 1 heterocycles. The number of methoxy groups -OCH3 is 1. The number of hydrogen-bond donors (Lipinski definition) is 2. The summed E-state index contributed by atoms with van der Waals surface area (Å²) in [6, 6.07) is 8.59. The minimum Gasteiger partial charge on any atom is -0.383 e. The number of nitrogens with one attached hydrogen (secondary N) is 2. The summed E-state index contributed by atoms with van der Waals surface area (Å²) in [5.41, 5.74) is 2.50. The molecule has 1 aliphatic heterocycles. The van der Waals surface area contributed by atoms with E-state index < -0.39 is 0 Å². The first kappa shape index (κ1) is 15.8. The van der Waals surface area contributed by atoms with E-state index in [0.29, 0.717) is 26.2 Å². The predicted octanol–water partition coefficient (Wildman–Crippen LogP) is 1.14. The molecule has 21 heavy (non-hydrogen) atoms. The lowest BCUT2D eigenvalue weighted by Crippen LogP contribution is -2.35. The van der Waals surface area contributed by atoms with Gasteiger partial charge in [-0.25, -0.2) is 0 Å². The van der Waals surface area contributed by atoms with Crippen LogP contribution in [0.15, 0.2) is 24.3 Å². The monoisotopic (exact) mass is 291 g/mol. The summed E-state index contributed by atoms with van der Waals surface area (Å²) < 4.78 is 4.88. The van der Waals surface area contributed by atoms with Crippen LogP contribution >= 0.6 is 0 Å². The zero-order chi connectivity index (χ0) is 14.9. The smallest absolute Gasteiger partial charge is 0.234 e. The van der Waals surface area contributed by atoms with E-state index in [9.17, 15) is 4.79 Å². The molecule has 1 fully saturated rings. The SMILES string of the molecule is COCCNC(=O)CNCc1ccc(N2CCCC2)cc1. The van der Waals surface area contributed by atoms with E-state index in [1.165, 1.54) is 37.2 Å². The number of anilines is 1. The van der Waals surface area contributed by atoms with Gasteiger partial charge in [0.1, 0.15) is 0 Å². The Balaban J connectivity index is 1.67. The molecule has 0 spiro atoms. The van der Waals surface area contributed by atoms with Crippen molar-refractivity contribution in [3.63, 3.8) is 0 Å². The largest absolute Gasteiger partial charge is 0.383 e. The normalized spacial score (nSPS) is 14.4. The first-order chi connectivity index (χ1) is 10.3. The molecule has 1 amide bonds. The maximum atomic E-state index is 11.5. The third kappa shape index (κ3) is 5.36. The van der Waals surface area contributed by atoms with Crippen molar-refractivity contribution in [1.82, 2.24) is 10.6 Å². The van der Waals surface area contributed by atoms with Crippen LogP contribution in [0.3, 0.4) is 0 Å². The molecule has 5 heteroatoms. The second-order valence-corrected chi connectivity index (χ2v) is 5.31. The summed E-state index contributed by atoms with van der Waals surface area (Å²) in [6.45, 7) is 4.47. The molecule has 0 aliphatic carbocycles. The van der Waals surface area contributed by atoms with E-state index in [2.05, 4.69) is 39.8 Å². The van der Waals surface area contributed by atoms with Gasteiger partial charge in [0.2, 0.25) is 5.91 Å². The summed E-state index contributed by atoms with van der Waals surface area (Å²) >= 11 is 0. The molecule has 2 rings (SSSR count). The van der Waals surface area contributed by atoms with Crippen LogP contribution in [0.25, 0.3) is 0 Å². The average Bonchev–Trinajstić information content (AvgIpc) is 3.02. The lowest BCUT2D eigenvalue weighted by atomic mass is 10.2. The molecule has 0 bridgehead atoms. The Hall–Kier alpha value is -1.59. The van der Waals surface area contributed by atoms with Gasteiger partial charge in [0.25, 0.3) is 0 Å². The van der Waals surface area contributed by atoms with Crippen LogP contribution < -0.4 is 15.5 Å². The number of benzene rings is 1. The minimum absolute atomic E-state index is 0.000682. The van der Waals surface area contributed by atoms with Gasteiger partial charge in [0.15, 0.2) is 0 Å². The number of carbonyl (C=O) groups is 1. The zero-order valence-electron chi connectivity index (χ0n) is 12.7. The Morgan fingerprint density at radius 1 is 1.24 bits per heavy atom. The lowest BCUT2D eigenvalue weighted by molar-refractivity contribution is -0.120. The summed E-state index contributed by atoms with van der Waals surface area (Å²) in [4.78, 5) is 13.9. The number of hydrogen-bond acceptors (Lipinski definition) is 4. The molecule has 1 aliphatic rings. The van der Waals surface area contributed by atoms with E-state index in [-0.39, 0.29) is 5.91 Å². The average molecular weight is 291 g/mol. The standard InChI is InChI=1S/C16H25N3O2/c1-21-11-8-18-16(20)13-17-12-14-4-6-15(7-5-14)19-9-2-3-10-19/h4-7,17H,2-3,8-13H2,1H3,(H,18,20). The van der Waals surface area contributed by atoms with Crippen molar-refractivity contribution >= 4 is 11.6 Å². The van der Waals surface area contributed by atoms with Crippen LogP contribution in [-0.4, -0.2) is 45.8 Å². The highest BCUT2D eigenvalue weighted by Crippen LogP contribution is 2.20. The third-order valence-electron chi connectivity index (χ3n) is 3.65. The maximum absolute atomic E-state index is 11.5. The van der Waals surface area contributed by atoms with Crippen LogP contribution in [-0.2, 0) is 16.1 Å². The van der Waals surface area contributed by atoms with Gasteiger partial charge in [-0.05, 0) is 30.5 Å². The van der Waals surface area contributed by atoms with E-state index >= 15 is 0 Å². The van der Waals surface area contributed by atoms with E-state index in [1.807, 2.05) is 0 Å². The third-order valence-corrected chi connectivity index (χ3v) is 3.65. The molecule has 116 valence electrons. The van der Waals surface area contributed by atoms with Gasteiger partial charge in [-0.3, -0.25) is 4.79 Å². The summed E-state index contributed by atoms with van der Waals surface area (Å²) in [7, 11) is 1.62. The molecule has 0 radical (unpaired) electrons. The molecule has 0 atom stereocenters. The predicted molar refractivity (Wildman–Crippen MR) is 84.5 cm³/mol. The molecular weight excluding hydrogens is 266 g/mol. The number of rotatable bonds is 8. The fourth-order valence-corrected chi connectivity index (χ4v) is 2.48. The molecule has 0 saturated carbocycles. The molecule has 2 N–H and O–H groups in total. The van der Waals surface area contributed by atoms with Gasteiger partial charge in [0, 0.05) is 39.0 Å². The van der Waals surface area contributed by atoms with Gasteiger partial charge in [-0.1, -0.05) is 12.1 Å². The molecule has 1 saturated heterocycles. The van der Waals surface area contributed by atoms with Gasteiger partial charge in [-0.2, -0.15) is 0 Å². The number of amides is 1. The van der Waals surface area contributed by atoms with Crippen molar-refractivity contribution in [2.24, 2.45) is 0 Å². The molecule has 1 aromatic carbocycles. The Morgan fingerprint density at radius 2 is 1.95 bits per heavy atom. The first-order valence-electron chi connectivity index (χ1n) is 7.60. The highest BCUT2D eigenvalue weighted by molar-refractivity contribution is 5.77. The summed E-state index contributed by atoms with van der Waals surface area (Å²) in [5.74, 6) is 0.000682. The molecular formula is C16H25N3O2. The van der Waals surface area contributed by atoms with Crippen molar-refractivity contribution in [2.45, 2.75) is 19.4 Å². The Kier molecular flexibility index (Phi) is 6.50. The Labute approximate surface area is 126 Å². The summed E-state index contributed by atoms with van der Waals surface area (Å²) in [6.07, 6.45) is 2.59. The van der Waals surface area contributed by atoms with Crippen molar-refractivity contribution in [1.29, 1.82) is 0 Å². The number of ether oxygens (including phenoxy) is 1. The first-order valence-corrected chi connectivity index (χ1v) is 7.60. The fourth-order valence-electron chi connectivity index (χ4n) is 2.48. The highest BCUT2D eigenvalue weighted by Gasteiger charge is 2.11. The van der Waals surface area contributed by atoms with Gasteiger partial charge >= 0.3 is 0 Å². The molecule has 1 aromatic rings. The zero-order valence-corrected chi connectivity index (χ0v) is 12.7. The topological polar surface area (TPSA) is 53.6 Å². The van der Waals surface area contributed by atoms with Crippen LogP contribution in [0, 0.1) is 0 Å². The van der Waals surface area contributed by atoms with E-state index in [4.69, 9.17) is 4.74 Å². The molecule has 5 nitrogen and oxygen atoms in total. The van der Waals surface area contributed by atoms with Crippen molar-refractivity contribution in [3.8, 4) is 0 Å². The fraction of sp³-hybridized carbons (Fsp3) is 0.562. The van der Waals surface area contributed by atoms with Gasteiger partial charge in [0.05, 0.1) is 13.2 Å². The van der Waals surface area contributed by atoms with E-state index in [0.717, 1.165) is 0 Å². The van der Waals surface area contributed by atoms with E-state index in [1.54, 1.807) is 7.11 Å². The minimum atomic E-state index is 0.000682. The molecule has 0 aromatic heterocycles. The Morgan fingerprint density at radius 3 is 2.62 bits per heavy atom. The number of nitrogens with zero attached hydrogens (tertiary/aromatic N) is 1.